The van der Waals surface area contributed by atoms with Crippen LogP contribution in [-0.4, -0.2) is 42.8 Å². The number of amides is 2. The van der Waals surface area contributed by atoms with E-state index >= 15 is 0 Å². The number of nitrogens with one attached hydrogen (secondary N) is 3. The molecule has 9 N–H and O–H groups in total. The molecular formula is C36H52N8O2. The molecule has 4 rings (SSSR count). The highest BCUT2D eigenvalue weighted by molar-refractivity contribution is 5.85. The van der Waals surface area contributed by atoms with Crippen LogP contribution in [0, 0.1) is 10.8 Å². The van der Waals surface area contributed by atoms with Crippen molar-refractivity contribution >= 4 is 11.8 Å². The van der Waals surface area contributed by atoms with E-state index in [1.807, 2.05) is 12.4 Å². The van der Waals surface area contributed by atoms with Gasteiger partial charge in [-0.15, -0.1) is 0 Å². The number of imidazole rings is 2. The molecule has 0 radical (unpaired) electrons. The fraction of sp³-hybridized carbons (Fsp3) is 0.444. The number of hydrogen-bond donors (Lipinski definition) is 6. The Kier molecular flexibility index (Phi) is 10.7. The van der Waals surface area contributed by atoms with Crippen LogP contribution in [0.3, 0.4) is 0 Å². The van der Waals surface area contributed by atoms with Crippen LogP contribution in [0.25, 0.3) is 33.6 Å². The Morgan fingerprint density at radius 1 is 0.696 bits per heavy atom. The van der Waals surface area contributed by atoms with Crippen molar-refractivity contribution in [2.75, 3.05) is 0 Å². The molecule has 0 saturated carbocycles. The Morgan fingerprint density at radius 2 is 1.11 bits per heavy atom. The van der Waals surface area contributed by atoms with E-state index in [1.165, 1.54) is 0 Å². The van der Waals surface area contributed by atoms with Crippen molar-refractivity contribution in [1.82, 2.24) is 25.3 Å². The highest BCUT2D eigenvalue weighted by Gasteiger charge is 2.34. The van der Waals surface area contributed by atoms with Crippen LogP contribution in [0.1, 0.15) is 86.9 Å². The van der Waals surface area contributed by atoms with Crippen molar-refractivity contribution in [2.24, 2.45) is 28.0 Å². The van der Waals surface area contributed by atoms with Crippen molar-refractivity contribution in [3.63, 3.8) is 0 Å². The molecule has 0 aliphatic carbocycles. The molecule has 10 heteroatoms. The SMILES string of the molecule is CC(C)(C)Cc1ncc(-c2ccc(-c3ccc(-c4cnc(C(NC(=O)C(C)(C)N)C(C)(C)C)[nH]4)cc3)cc2)[nH]1.CC(C)(N)C(N)=O. The Balaban J connectivity index is 0.000000738. The standard InChI is InChI=1S/C32H42N6O.C4H10N2O/c1-30(2,3)17-26-34-18-24(36-26)22-13-9-20(10-14-22)21-11-15-23(16-12-21)25-19-35-28(37-25)27(31(4,5)6)38-29(39)32(7,8)33;1-4(2,6)3(5)7/h9-16,18-19,27H,17,33H2,1-8H3,(H,34,36)(H,35,37)(H,38,39);6H2,1-2H3,(H2,5,7). The van der Waals surface area contributed by atoms with Gasteiger partial charge in [0.05, 0.1) is 40.9 Å². The minimum Gasteiger partial charge on any atom is -0.368 e. The largest absolute Gasteiger partial charge is 0.368 e. The number of nitrogens with zero attached hydrogens (tertiary/aromatic N) is 2. The molecular weight excluding hydrogens is 576 g/mol. The molecule has 2 aromatic carbocycles. The molecule has 0 saturated heterocycles. The lowest BCUT2D eigenvalue weighted by Gasteiger charge is -2.32. The smallest absolute Gasteiger partial charge is 0.240 e. The van der Waals surface area contributed by atoms with E-state index in [4.69, 9.17) is 17.2 Å². The number of benzene rings is 2. The van der Waals surface area contributed by atoms with Gasteiger partial charge in [-0.2, -0.15) is 0 Å². The Hall–Kier alpha value is -4.28. The molecule has 248 valence electrons. The average molecular weight is 629 g/mol. The number of rotatable bonds is 8. The minimum atomic E-state index is -0.972. The summed E-state index contributed by atoms with van der Waals surface area (Å²) in [7, 11) is 0. The van der Waals surface area contributed by atoms with Gasteiger partial charge in [-0.3, -0.25) is 9.59 Å². The maximum absolute atomic E-state index is 12.6. The van der Waals surface area contributed by atoms with Gasteiger partial charge < -0.3 is 32.5 Å². The van der Waals surface area contributed by atoms with Gasteiger partial charge in [0.1, 0.15) is 11.6 Å². The second-order valence-electron chi connectivity index (χ2n) is 15.4. The molecule has 0 spiro atoms. The number of carbonyl (C=O) groups excluding carboxylic acids is 2. The average Bonchev–Trinajstić information content (AvgIpc) is 3.59. The number of primary amides is 1. The molecule has 0 aliphatic heterocycles. The number of hydrogen-bond acceptors (Lipinski definition) is 6. The minimum absolute atomic E-state index is 0.189. The third-order valence-electron chi connectivity index (χ3n) is 7.28. The molecule has 0 aliphatic rings. The van der Waals surface area contributed by atoms with E-state index in [1.54, 1.807) is 27.7 Å². The fourth-order valence-corrected chi connectivity index (χ4v) is 4.43. The summed E-state index contributed by atoms with van der Waals surface area (Å²) < 4.78 is 0. The third-order valence-corrected chi connectivity index (χ3v) is 7.28. The van der Waals surface area contributed by atoms with Gasteiger partial charge in [0, 0.05) is 6.42 Å². The predicted molar refractivity (Wildman–Crippen MR) is 186 cm³/mol. The van der Waals surface area contributed by atoms with Gasteiger partial charge in [0.2, 0.25) is 11.8 Å². The van der Waals surface area contributed by atoms with Crippen molar-refractivity contribution in [1.29, 1.82) is 0 Å². The van der Waals surface area contributed by atoms with Crippen LogP contribution in [0.2, 0.25) is 0 Å². The van der Waals surface area contributed by atoms with E-state index in [2.05, 4.69) is 115 Å². The van der Waals surface area contributed by atoms with E-state index < -0.39 is 17.0 Å². The first-order valence-corrected chi connectivity index (χ1v) is 15.5. The zero-order valence-electron chi connectivity index (χ0n) is 29.0. The second kappa shape index (κ2) is 13.6. The van der Waals surface area contributed by atoms with Crippen molar-refractivity contribution in [3.8, 4) is 33.6 Å². The van der Waals surface area contributed by atoms with E-state index in [9.17, 15) is 9.59 Å². The topological polar surface area (TPSA) is 182 Å². The number of aromatic nitrogens is 4. The summed E-state index contributed by atoms with van der Waals surface area (Å²) in [6, 6.07) is 16.6. The highest BCUT2D eigenvalue weighted by atomic mass is 16.2. The van der Waals surface area contributed by atoms with Crippen molar-refractivity contribution in [3.05, 3.63) is 72.6 Å². The maximum Gasteiger partial charge on any atom is 0.240 e. The van der Waals surface area contributed by atoms with Crippen LogP contribution in [0.4, 0.5) is 0 Å². The highest BCUT2D eigenvalue weighted by Crippen LogP contribution is 2.33. The number of aromatic amines is 2. The predicted octanol–water partition coefficient (Wildman–Crippen LogP) is 5.87. The summed E-state index contributed by atoms with van der Waals surface area (Å²) >= 11 is 0. The lowest BCUT2D eigenvalue weighted by Crippen LogP contribution is -2.52. The van der Waals surface area contributed by atoms with Gasteiger partial charge in [0.15, 0.2) is 0 Å². The molecule has 4 aromatic rings. The normalized spacial score (nSPS) is 13.0. The maximum atomic E-state index is 12.6. The van der Waals surface area contributed by atoms with Crippen molar-refractivity contribution < 1.29 is 9.59 Å². The number of carbonyl (C=O) groups is 2. The quantitative estimate of drug-likeness (QED) is 0.142. The lowest BCUT2D eigenvalue weighted by molar-refractivity contribution is -0.127. The molecule has 46 heavy (non-hydrogen) atoms. The van der Waals surface area contributed by atoms with Gasteiger partial charge in [-0.25, -0.2) is 9.97 Å². The molecule has 1 unspecified atom stereocenters. The molecule has 2 heterocycles. The third kappa shape index (κ3) is 10.1. The molecule has 2 amide bonds. The first-order valence-electron chi connectivity index (χ1n) is 15.5. The summed E-state index contributed by atoms with van der Waals surface area (Å²) in [5.74, 6) is 1.03. The summed E-state index contributed by atoms with van der Waals surface area (Å²) in [6.45, 7) is 19.4. The van der Waals surface area contributed by atoms with Crippen molar-refractivity contribution in [2.45, 2.75) is 92.8 Å². The summed E-state index contributed by atoms with van der Waals surface area (Å²) in [5, 5.41) is 3.07. The Morgan fingerprint density at radius 3 is 1.50 bits per heavy atom. The van der Waals surface area contributed by atoms with E-state index in [0.29, 0.717) is 5.82 Å². The lowest BCUT2D eigenvalue weighted by atomic mass is 9.85. The molecule has 1 atom stereocenters. The van der Waals surface area contributed by atoms with Crippen LogP contribution in [0.5, 0.6) is 0 Å². The van der Waals surface area contributed by atoms with E-state index in [-0.39, 0.29) is 22.8 Å². The first kappa shape index (κ1) is 36.2. The number of H-pyrrole nitrogens is 2. The van der Waals surface area contributed by atoms with Gasteiger partial charge in [-0.1, -0.05) is 90.1 Å². The van der Waals surface area contributed by atoms with E-state index in [0.717, 1.165) is 45.9 Å². The zero-order chi connectivity index (χ0) is 34.7. The van der Waals surface area contributed by atoms with Crippen LogP contribution in [0.15, 0.2) is 60.9 Å². The Bertz CT molecular complexity index is 1600. The molecule has 2 aromatic heterocycles. The summed E-state index contributed by atoms with van der Waals surface area (Å²) in [4.78, 5) is 38.8. The monoisotopic (exact) mass is 628 g/mol. The number of nitrogens with two attached hydrogens (primary N) is 3. The molecule has 0 bridgehead atoms. The molecule has 10 nitrogen and oxygen atoms in total. The second-order valence-corrected chi connectivity index (χ2v) is 15.4. The first-order chi connectivity index (χ1) is 21.0. The zero-order valence-corrected chi connectivity index (χ0v) is 29.0. The molecule has 0 fully saturated rings. The van der Waals surface area contributed by atoms with Crippen LogP contribution < -0.4 is 22.5 Å². The summed E-state index contributed by atoms with van der Waals surface area (Å²) in [6.07, 6.45) is 4.64. The van der Waals surface area contributed by atoms with Crippen LogP contribution >= 0.6 is 0 Å². The Labute approximate surface area is 273 Å². The fourth-order valence-electron chi connectivity index (χ4n) is 4.43. The van der Waals surface area contributed by atoms with Crippen LogP contribution in [-0.2, 0) is 16.0 Å². The van der Waals surface area contributed by atoms with Gasteiger partial charge in [0.25, 0.3) is 0 Å². The summed E-state index contributed by atoms with van der Waals surface area (Å²) in [5.41, 5.74) is 20.5. The van der Waals surface area contributed by atoms with Gasteiger partial charge >= 0.3 is 0 Å². The van der Waals surface area contributed by atoms with Gasteiger partial charge in [-0.05, 0) is 60.8 Å².